The lowest BCUT2D eigenvalue weighted by Crippen LogP contribution is -2.40. The lowest BCUT2D eigenvalue weighted by molar-refractivity contribution is -0.141. The van der Waals surface area contributed by atoms with Gasteiger partial charge in [0.25, 0.3) is 11.8 Å². The van der Waals surface area contributed by atoms with Crippen LogP contribution < -0.4 is 21.3 Å². The molecule has 3 aliphatic rings. The molecule has 27 heteroatoms. The number of aryl methyl sites for hydroxylation is 1. The summed E-state index contributed by atoms with van der Waals surface area (Å²) >= 11 is 0. The third kappa shape index (κ3) is 12.5. The van der Waals surface area contributed by atoms with E-state index >= 15 is 4.39 Å². The van der Waals surface area contributed by atoms with E-state index in [2.05, 4.69) is 51.5 Å². The number of likely N-dealkylation sites (tertiary alicyclic amines) is 1. The summed E-state index contributed by atoms with van der Waals surface area (Å²) in [5.41, 5.74) is 2.59. The molecule has 80 heavy (non-hydrogen) atoms. The predicted molar refractivity (Wildman–Crippen MR) is 279 cm³/mol. The number of carbonyl (C=O) groups is 7. The van der Waals surface area contributed by atoms with E-state index in [-0.39, 0.29) is 120 Å². The summed E-state index contributed by atoms with van der Waals surface area (Å²) in [6.45, 7) is 5.15. The third-order valence-corrected chi connectivity index (χ3v) is 14.9. The number of hydrogen-bond acceptors (Lipinski definition) is 15. The topological polar surface area (TPSA) is 290 Å². The number of aromatic nitrogens is 8. The second-order valence-electron chi connectivity index (χ2n) is 20.1. The van der Waals surface area contributed by atoms with Gasteiger partial charge in [-0.1, -0.05) is 19.1 Å². The minimum atomic E-state index is -2.76. The Morgan fingerprint density at radius 1 is 0.812 bits per heavy atom. The molecule has 1 aliphatic heterocycles. The average molecular weight is 1110 g/mol. The minimum Gasteiger partial charge on any atom is -0.468 e. The Morgan fingerprint density at radius 3 is 2.31 bits per heavy atom. The molecular formula is C53H62F3N13O11. The van der Waals surface area contributed by atoms with Crippen molar-refractivity contribution in [2.24, 2.45) is 11.3 Å². The van der Waals surface area contributed by atoms with Crippen molar-refractivity contribution in [1.82, 2.24) is 60.4 Å². The van der Waals surface area contributed by atoms with Gasteiger partial charge in [-0.15, -0.1) is 0 Å². The summed E-state index contributed by atoms with van der Waals surface area (Å²) in [5.74, 6) is -7.24. The van der Waals surface area contributed by atoms with Crippen LogP contribution in [0.4, 0.5) is 18.9 Å². The van der Waals surface area contributed by atoms with Crippen molar-refractivity contribution in [3.8, 4) is 11.1 Å². The van der Waals surface area contributed by atoms with Crippen molar-refractivity contribution >= 4 is 68.9 Å². The van der Waals surface area contributed by atoms with Crippen LogP contribution >= 0.6 is 0 Å². The number of methoxy groups -OCH3 is 1. The van der Waals surface area contributed by atoms with E-state index in [9.17, 15) is 42.3 Å². The molecule has 0 radical (unpaired) electrons. The lowest BCUT2D eigenvalue weighted by atomic mass is 9.87. The standard InChI is InChI=1S/C53H62F3N13O11/c1-31-49-35(5-4-6-40(49)68(65-31)30-45(72)58-27-44(71)59-28-48(75)77-3)36-22-41-32(21-38(36)54)25-61-69(41)47(74)8-7-43(70)57-12-16-79-18-20-80-19-17-78-15-11-46(73)66-13-9-34(10-14-66)67-29-33(26-60-67)62-51(76)50-37-23-42-52(2,53(42,55)56)24-39(37)63-64-50/h4-6,21-22,25-26,29,34,42H,7-20,23-24,27-28,30H2,1-3H3,(H,57,70)(H,58,72)(H,59,71)(H,62,76)(H,63,64). The number of amides is 5. The molecule has 2 fully saturated rings. The fraction of sp³-hybridized carbons (Fsp3) is 0.491. The highest BCUT2D eigenvalue weighted by Crippen LogP contribution is 2.70. The molecule has 1 saturated heterocycles. The van der Waals surface area contributed by atoms with Gasteiger partial charge in [-0.25, -0.2) is 17.9 Å². The number of ether oxygens (including phenoxy) is 4. The number of nitrogens with one attached hydrogen (secondary N) is 5. The van der Waals surface area contributed by atoms with E-state index < -0.39 is 52.7 Å². The molecule has 4 aromatic heterocycles. The van der Waals surface area contributed by atoms with E-state index in [4.69, 9.17) is 14.2 Å². The van der Waals surface area contributed by atoms with Gasteiger partial charge >= 0.3 is 5.97 Å². The molecule has 2 atom stereocenters. The van der Waals surface area contributed by atoms with Crippen LogP contribution in [0, 0.1) is 24.1 Å². The second-order valence-corrected chi connectivity index (χ2v) is 20.1. The Morgan fingerprint density at radius 2 is 1.55 bits per heavy atom. The Balaban J connectivity index is 0.614. The zero-order valence-electron chi connectivity index (χ0n) is 44.4. The molecule has 0 spiro atoms. The molecule has 2 aliphatic carbocycles. The average Bonchev–Trinajstić information content (AvgIpc) is 4.32. The first kappa shape index (κ1) is 56.7. The molecule has 5 heterocycles. The SMILES string of the molecule is COC(=O)CNC(=O)CNC(=O)Cn1nc(C)c2c(-c3cc4c(cnn4C(=O)CCC(=O)NCCOCCOCCOCCC(=O)N4CCC(n5cc(NC(=O)c6n[nH]c7c6CC6C(F)(F)C6(C)C7)cn5)CC4)cc3F)cccc21. The lowest BCUT2D eigenvalue weighted by Gasteiger charge is -2.32. The number of benzene rings is 2. The minimum absolute atomic E-state index is 0.0189. The Bertz CT molecular complexity index is 3310. The predicted octanol–water partition coefficient (Wildman–Crippen LogP) is 3.29. The largest absolute Gasteiger partial charge is 0.468 e. The number of carbonyl (C=O) groups excluding carboxylic acids is 7. The number of anilines is 1. The van der Waals surface area contributed by atoms with Crippen molar-refractivity contribution in [3.05, 3.63) is 77.4 Å². The summed E-state index contributed by atoms with van der Waals surface area (Å²) in [6.07, 6.45) is 6.14. The molecule has 9 rings (SSSR count). The highest BCUT2D eigenvalue weighted by Gasteiger charge is 2.78. The molecule has 6 aromatic rings. The van der Waals surface area contributed by atoms with E-state index in [1.807, 2.05) is 0 Å². The number of piperidine rings is 1. The normalized spacial score (nSPS) is 17.4. The van der Waals surface area contributed by atoms with Crippen LogP contribution in [-0.2, 0) is 62.3 Å². The van der Waals surface area contributed by atoms with E-state index in [1.165, 1.54) is 36.3 Å². The van der Waals surface area contributed by atoms with Crippen LogP contribution in [0.5, 0.6) is 0 Å². The fourth-order valence-electron chi connectivity index (χ4n) is 10.4. The quantitative estimate of drug-likeness (QED) is 0.0406. The maximum atomic E-state index is 15.8. The van der Waals surface area contributed by atoms with Gasteiger partial charge in [0.2, 0.25) is 29.5 Å². The zero-order chi connectivity index (χ0) is 56.7. The van der Waals surface area contributed by atoms with Gasteiger partial charge in [-0.2, -0.15) is 20.4 Å². The van der Waals surface area contributed by atoms with Crippen LogP contribution in [-0.4, -0.2) is 171 Å². The Kier molecular flexibility index (Phi) is 17.4. The highest BCUT2D eigenvalue weighted by atomic mass is 19.3. The number of aromatic amines is 1. The fourth-order valence-corrected chi connectivity index (χ4v) is 10.4. The van der Waals surface area contributed by atoms with E-state index in [0.29, 0.717) is 82.5 Å². The van der Waals surface area contributed by atoms with E-state index in [0.717, 1.165) is 4.68 Å². The number of H-pyrrole nitrogens is 1. The number of nitrogens with zero attached hydrogens (tertiary/aromatic N) is 8. The summed E-state index contributed by atoms with van der Waals surface area (Å²) < 4.78 is 70.0. The second kappa shape index (κ2) is 24.5. The van der Waals surface area contributed by atoms with E-state index in [1.54, 1.807) is 47.8 Å². The monoisotopic (exact) mass is 1110 g/mol. The Hall–Kier alpha value is -8.04. The molecule has 426 valence electrons. The van der Waals surface area contributed by atoms with Gasteiger partial charge < -0.3 is 45.1 Å². The van der Waals surface area contributed by atoms with Crippen LogP contribution in [0.25, 0.3) is 32.9 Å². The molecule has 24 nitrogen and oxygen atoms in total. The summed E-state index contributed by atoms with van der Waals surface area (Å²) in [4.78, 5) is 89.8. The number of halogens is 3. The number of rotatable bonds is 25. The molecule has 5 amide bonds. The smallest absolute Gasteiger partial charge is 0.325 e. The number of esters is 1. The van der Waals surface area contributed by atoms with Gasteiger partial charge in [0.05, 0.1) is 101 Å². The van der Waals surface area contributed by atoms with Gasteiger partial charge in [0.1, 0.15) is 18.9 Å². The van der Waals surface area contributed by atoms with Crippen molar-refractivity contribution in [1.29, 1.82) is 0 Å². The van der Waals surface area contributed by atoms with Crippen LogP contribution in [0.2, 0.25) is 0 Å². The molecule has 1 saturated carbocycles. The first-order valence-electron chi connectivity index (χ1n) is 26.3. The summed E-state index contributed by atoms with van der Waals surface area (Å²) in [7, 11) is 1.18. The van der Waals surface area contributed by atoms with Crippen LogP contribution in [0.3, 0.4) is 0 Å². The molecule has 0 bridgehead atoms. The summed E-state index contributed by atoms with van der Waals surface area (Å²) in [6, 6.07) is 7.90. The summed E-state index contributed by atoms with van der Waals surface area (Å²) in [5, 5.41) is 31.3. The number of fused-ring (bicyclic) bond motifs is 4. The Labute approximate surface area is 455 Å². The third-order valence-electron chi connectivity index (χ3n) is 14.9. The highest BCUT2D eigenvalue weighted by molar-refractivity contribution is 6.04. The van der Waals surface area contributed by atoms with Crippen LogP contribution in [0.1, 0.15) is 77.3 Å². The van der Waals surface area contributed by atoms with Crippen molar-refractivity contribution in [2.75, 3.05) is 84.8 Å². The molecule has 5 N–H and O–H groups in total. The zero-order valence-corrected chi connectivity index (χ0v) is 44.4. The van der Waals surface area contributed by atoms with Gasteiger partial charge in [0.15, 0.2) is 5.69 Å². The van der Waals surface area contributed by atoms with Gasteiger partial charge in [-0.05, 0) is 49.9 Å². The van der Waals surface area contributed by atoms with Crippen molar-refractivity contribution < 1.29 is 65.7 Å². The molecular weight excluding hydrogens is 1050 g/mol. The maximum Gasteiger partial charge on any atom is 0.325 e. The first-order valence-corrected chi connectivity index (χ1v) is 26.3. The van der Waals surface area contributed by atoms with Crippen LogP contribution in [0.15, 0.2) is 48.9 Å². The van der Waals surface area contributed by atoms with Crippen molar-refractivity contribution in [2.45, 2.75) is 77.3 Å². The molecule has 2 aromatic carbocycles. The molecule has 2 unspecified atom stereocenters. The van der Waals surface area contributed by atoms with Crippen molar-refractivity contribution in [3.63, 3.8) is 0 Å². The number of alkyl halides is 2. The number of hydrogen-bond donors (Lipinski definition) is 5. The maximum absolute atomic E-state index is 15.8. The van der Waals surface area contributed by atoms with Gasteiger partial charge in [-0.3, -0.25) is 48.0 Å². The first-order chi connectivity index (χ1) is 38.4. The van der Waals surface area contributed by atoms with Gasteiger partial charge in [0, 0.05) is 84.0 Å².